The molecule has 24 heavy (non-hydrogen) atoms. The predicted molar refractivity (Wildman–Crippen MR) is 95.4 cm³/mol. The number of nitrogens with zero attached hydrogens (tertiary/aromatic N) is 2. The second kappa shape index (κ2) is 6.75. The van der Waals surface area contributed by atoms with E-state index in [0.717, 1.165) is 11.4 Å². The molecule has 0 radical (unpaired) electrons. The fourth-order valence-electron chi connectivity index (χ4n) is 2.25. The Bertz CT molecular complexity index is 926. The molecule has 3 aromatic rings. The lowest BCUT2D eigenvalue weighted by Crippen LogP contribution is -2.15. The molecule has 0 unspecified atom stereocenters. The lowest BCUT2D eigenvalue weighted by molar-refractivity contribution is 0.102. The third-order valence-corrected chi connectivity index (χ3v) is 4.19. The van der Waals surface area contributed by atoms with E-state index in [1.54, 1.807) is 28.9 Å². The van der Waals surface area contributed by atoms with Gasteiger partial charge in [0.2, 0.25) is 0 Å². The van der Waals surface area contributed by atoms with E-state index in [-0.39, 0.29) is 5.91 Å². The molecule has 122 valence electrons. The smallest absolute Gasteiger partial charge is 0.257 e. The van der Waals surface area contributed by atoms with Crippen LogP contribution in [0.3, 0.4) is 0 Å². The van der Waals surface area contributed by atoms with E-state index in [9.17, 15) is 9.18 Å². The SMILES string of the molecule is Cc1cc(NC(=O)c2ccc(F)cc2Br)n(-c2cccc(Cl)c2)n1. The maximum atomic E-state index is 13.2. The van der Waals surface area contributed by atoms with Crippen molar-refractivity contribution in [2.45, 2.75) is 6.92 Å². The van der Waals surface area contributed by atoms with Gasteiger partial charge < -0.3 is 5.32 Å². The second-order valence-corrected chi connectivity index (χ2v) is 6.43. The first-order valence-corrected chi connectivity index (χ1v) is 8.20. The highest BCUT2D eigenvalue weighted by atomic mass is 79.9. The number of carbonyl (C=O) groups is 1. The van der Waals surface area contributed by atoms with Crippen LogP contribution in [-0.2, 0) is 0 Å². The third kappa shape index (κ3) is 3.49. The van der Waals surface area contributed by atoms with E-state index in [4.69, 9.17) is 11.6 Å². The van der Waals surface area contributed by atoms with E-state index in [1.807, 2.05) is 13.0 Å². The fourth-order valence-corrected chi connectivity index (χ4v) is 2.97. The van der Waals surface area contributed by atoms with Crippen LogP contribution in [-0.4, -0.2) is 15.7 Å². The summed E-state index contributed by atoms with van der Waals surface area (Å²) >= 11 is 9.22. The number of aromatic nitrogens is 2. The van der Waals surface area contributed by atoms with Gasteiger partial charge >= 0.3 is 0 Å². The van der Waals surface area contributed by atoms with Crippen molar-refractivity contribution >= 4 is 39.3 Å². The summed E-state index contributed by atoms with van der Waals surface area (Å²) in [4.78, 5) is 12.5. The summed E-state index contributed by atoms with van der Waals surface area (Å²) in [5, 5.41) is 7.74. The van der Waals surface area contributed by atoms with Gasteiger partial charge in [0.1, 0.15) is 11.6 Å². The van der Waals surface area contributed by atoms with Crippen LogP contribution >= 0.6 is 27.5 Å². The minimum absolute atomic E-state index is 0.327. The third-order valence-electron chi connectivity index (χ3n) is 3.30. The van der Waals surface area contributed by atoms with Gasteiger partial charge in [-0.15, -0.1) is 0 Å². The Morgan fingerprint density at radius 1 is 1.25 bits per heavy atom. The van der Waals surface area contributed by atoms with E-state index in [0.29, 0.717) is 20.9 Å². The summed E-state index contributed by atoms with van der Waals surface area (Å²) in [7, 11) is 0. The number of halogens is 3. The van der Waals surface area contributed by atoms with Gasteiger partial charge in [-0.05, 0) is 59.3 Å². The molecule has 7 heteroatoms. The normalized spacial score (nSPS) is 10.7. The molecule has 0 aliphatic heterocycles. The van der Waals surface area contributed by atoms with Gasteiger partial charge in [-0.3, -0.25) is 4.79 Å². The summed E-state index contributed by atoms with van der Waals surface area (Å²) in [6, 6.07) is 12.8. The minimum atomic E-state index is -0.418. The van der Waals surface area contributed by atoms with E-state index in [2.05, 4.69) is 26.3 Å². The van der Waals surface area contributed by atoms with Gasteiger partial charge in [0.25, 0.3) is 5.91 Å². The number of anilines is 1. The maximum absolute atomic E-state index is 13.2. The van der Waals surface area contributed by atoms with Crippen LogP contribution in [0, 0.1) is 12.7 Å². The Hall–Kier alpha value is -2.18. The van der Waals surface area contributed by atoms with Crippen LogP contribution in [0.5, 0.6) is 0 Å². The van der Waals surface area contributed by atoms with E-state index >= 15 is 0 Å². The molecule has 0 bridgehead atoms. The molecular weight excluding hydrogens is 397 g/mol. The van der Waals surface area contributed by atoms with Crippen molar-refractivity contribution in [1.82, 2.24) is 9.78 Å². The van der Waals surface area contributed by atoms with Crippen LogP contribution in [0.4, 0.5) is 10.2 Å². The Morgan fingerprint density at radius 2 is 2.04 bits per heavy atom. The highest BCUT2D eigenvalue weighted by Gasteiger charge is 2.15. The van der Waals surface area contributed by atoms with Crippen molar-refractivity contribution in [3.05, 3.63) is 75.1 Å². The molecule has 0 saturated heterocycles. The molecule has 0 spiro atoms. The molecule has 1 N–H and O–H groups in total. The summed E-state index contributed by atoms with van der Waals surface area (Å²) in [6.07, 6.45) is 0. The summed E-state index contributed by atoms with van der Waals surface area (Å²) < 4.78 is 15.2. The average Bonchev–Trinajstić information content (AvgIpc) is 2.87. The first-order chi connectivity index (χ1) is 11.4. The van der Waals surface area contributed by atoms with Crippen LogP contribution in [0.25, 0.3) is 5.69 Å². The van der Waals surface area contributed by atoms with Gasteiger partial charge in [-0.2, -0.15) is 5.10 Å². The monoisotopic (exact) mass is 407 g/mol. The standard InChI is InChI=1S/C17H12BrClFN3O/c1-10-7-16(23(22-10)13-4-2-3-11(19)8-13)21-17(24)14-6-5-12(20)9-15(14)18/h2-9H,1H3,(H,21,24). The molecule has 2 aromatic carbocycles. The Balaban J connectivity index is 1.94. The zero-order valence-electron chi connectivity index (χ0n) is 12.6. The van der Waals surface area contributed by atoms with Crippen molar-refractivity contribution in [2.75, 3.05) is 5.32 Å². The van der Waals surface area contributed by atoms with Crippen LogP contribution in [0.2, 0.25) is 5.02 Å². The van der Waals surface area contributed by atoms with Gasteiger partial charge in [-0.1, -0.05) is 17.7 Å². The molecule has 1 heterocycles. The zero-order chi connectivity index (χ0) is 17.3. The highest BCUT2D eigenvalue weighted by Crippen LogP contribution is 2.23. The Morgan fingerprint density at radius 3 is 2.75 bits per heavy atom. The van der Waals surface area contributed by atoms with E-state index in [1.165, 1.54) is 18.2 Å². The first-order valence-electron chi connectivity index (χ1n) is 7.03. The lowest BCUT2D eigenvalue weighted by Gasteiger charge is -2.10. The maximum Gasteiger partial charge on any atom is 0.257 e. The quantitative estimate of drug-likeness (QED) is 0.664. The van der Waals surface area contributed by atoms with Crippen molar-refractivity contribution in [2.24, 2.45) is 0 Å². The Labute approximate surface area is 151 Å². The largest absolute Gasteiger partial charge is 0.306 e. The number of nitrogens with one attached hydrogen (secondary N) is 1. The Kier molecular flexibility index (Phi) is 4.69. The predicted octanol–water partition coefficient (Wildman–Crippen LogP) is 4.99. The van der Waals surface area contributed by atoms with Crippen LogP contribution < -0.4 is 5.32 Å². The molecular formula is C17H12BrClFN3O. The molecule has 0 aliphatic carbocycles. The molecule has 0 saturated carbocycles. The topological polar surface area (TPSA) is 46.9 Å². The van der Waals surface area contributed by atoms with Crippen LogP contribution in [0.15, 0.2) is 53.0 Å². The van der Waals surface area contributed by atoms with Crippen molar-refractivity contribution in [3.8, 4) is 5.69 Å². The number of aryl methyl sites for hydroxylation is 1. The van der Waals surface area contributed by atoms with E-state index < -0.39 is 5.82 Å². The van der Waals surface area contributed by atoms with Crippen molar-refractivity contribution in [3.63, 3.8) is 0 Å². The first kappa shape index (κ1) is 16.7. The van der Waals surface area contributed by atoms with Gasteiger partial charge in [-0.25, -0.2) is 9.07 Å². The van der Waals surface area contributed by atoms with Crippen LogP contribution in [0.1, 0.15) is 16.1 Å². The fraction of sp³-hybridized carbons (Fsp3) is 0.0588. The van der Waals surface area contributed by atoms with Crippen molar-refractivity contribution < 1.29 is 9.18 Å². The van der Waals surface area contributed by atoms with Gasteiger partial charge in [0, 0.05) is 15.6 Å². The van der Waals surface area contributed by atoms with Gasteiger partial charge in [0.05, 0.1) is 16.9 Å². The number of amides is 1. The zero-order valence-corrected chi connectivity index (χ0v) is 14.9. The summed E-state index contributed by atoms with van der Waals surface area (Å²) in [5.74, 6) is -0.292. The second-order valence-electron chi connectivity index (χ2n) is 5.14. The molecule has 4 nitrogen and oxygen atoms in total. The average molecular weight is 409 g/mol. The number of hydrogen-bond donors (Lipinski definition) is 1. The number of rotatable bonds is 3. The number of benzene rings is 2. The summed E-state index contributed by atoms with van der Waals surface area (Å²) in [6.45, 7) is 1.82. The van der Waals surface area contributed by atoms with Gasteiger partial charge in [0.15, 0.2) is 0 Å². The lowest BCUT2D eigenvalue weighted by atomic mass is 10.2. The number of carbonyl (C=O) groups excluding carboxylic acids is 1. The molecule has 3 rings (SSSR count). The molecule has 1 amide bonds. The minimum Gasteiger partial charge on any atom is -0.306 e. The molecule has 0 fully saturated rings. The highest BCUT2D eigenvalue weighted by molar-refractivity contribution is 9.10. The molecule has 0 atom stereocenters. The molecule has 0 aliphatic rings. The molecule has 1 aromatic heterocycles. The number of hydrogen-bond acceptors (Lipinski definition) is 2. The van der Waals surface area contributed by atoms with Crippen molar-refractivity contribution in [1.29, 1.82) is 0 Å². The summed E-state index contributed by atoms with van der Waals surface area (Å²) in [5.41, 5.74) is 1.79.